The Bertz CT molecular complexity index is 497. The van der Waals surface area contributed by atoms with Crippen LogP contribution in [0.1, 0.15) is 50.0 Å². The van der Waals surface area contributed by atoms with Gasteiger partial charge in [-0.25, -0.2) is 9.78 Å². The summed E-state index contributed by atoms with van der Waals surface area (Å²) in [5, 5.41) is 0.0629. The van der Waals surface area contributed by atoms with Gasteiger partial charge < -0.3 is 4.74 Å². The minimum atomic E-state index is -0.802. The third kappa shape index (κ3) is 3.13. The van der Waals surface area contributed by atoms with Crippen molar-refractivity contribution >= 4 is 23.4 Å². The number of hydrogen-bond donors (Lipinski definition) is 0. The Morgan fingerprint density at radius 2 is 2.00 bits per heavy atom. The Labute approximate surface area is 118 Å². The van der Waals surface area contributed by atoms with E-state index in [4.69, 9.17) is 16.3 Å². The molecule has 0 aliphatic carbocycles. The Kier molecular flexibility index (Phi) is 5.06. The lowest BCUT2D eigenvalue weighted by Gasteiger charge is -2.25. The predicted octanol–water partition coefficient (Wildman–Crippen LogP) is 3.17. The minimum absolute atomic E-state index is 0.0281. The number of aromatic nitrogens is 1. The van der Waals surface area contributed by atoms with Gasteiger partial charge in [0.2, 0.25) is 0 Å². The molecular weight excluding hydrogens is 266 g/mol. The van der Waals surface area contributed by atoms with Crippen molar-refractivity contribution in [3.63, 3.8) is 0 Å². The fraction of sp³-hybridized carbons (Fsp3) is 0.500. The van der Waals surface area contributed by atoms with Gasteiger partial charge in [0.15, 0.2) is 0 Å². The highest BCUT2D eigenvalue weighted by molar-refractivity contribution is 6.32. The van der Waals surface area contributed by atoms with Crippen LogP contribution in [0, 0.1) is 0 Å². The molecule has 5 heteroatoms. The van der Waals surface area contributed by atoms with Crippen molar-refractivity contribution in [3.05, 3.63) is 28.5 Å². The molecule has 1 rings (SSSR count). The van der Waals surface area contributed by atoms with Crippen LogP contribution in [-0.2, 0) is 14.9 Å². The normalized spacial score (nSPS) is 11.2. The minimum Gasteiger partial charge on any atom is -0.462 e. The summed E-state index contributed by atoms with van der Waals surface area (Å²) in [6.07, 6.45) is 1.88. The van der Waals surface area contributed by atoms with Crippen molar-refractivity contribution in [1.29, 1.82) is 0 Å². The average Bonchev–Trinajstić information content (AvgIpc) is 2.37. The molecule has 0 aliphatic rings. The molecule has 0 N–H and O–H groups in total. The van der Waals surface area contributed by atoms with E-state index in [1.165, 1.54) is 6.20 Å². The van der Waals surface area contributed by atoms with E-state index in [0.717, 1.165) is 0 Å². The summed E-state index contributed by atoms with van der Waals surface area (Å²) >= 11 is 5.99. The van der Waals surface area contributed by atoms with E-state index in [2.05, 4.69) is 4.98 Å². The van der Waals surface area contributed by atoms with E-state index in [1.807, 2.05) is 0 Å². The van der Waals surface area contributed by atoms with Crippen molar-refractivity contribution in [1.82, 2.24) is 4.98 Å². The van der Waals surface area contributed by atoms with Gasteiger partial charge in [-0.2, -0.15) is 0 Å². The first-order chi connectivity index (χ1) is 8.86. The highest BCUT2D eigenvalue weighted by Crippen LogP contribution is 2.31. The van der Waals surface area contributed by atoms with E-state index >= 15 is 0 Å². The molecule has 4 nitrogen and oxygen atoms in total. The van der Waals surface area contributed by atoms with Crippen molar-refractivity contribution in [2.24, 2.45) is 0 Å². The third-order valence-corrected chi connectivity index (χ3v) is 3.36. The summed E-state index contributed by atoms with van der Waals surface area (Å²) in [6.45, 7) is 7.28. The van der Waals surface area contributed by atoms with Gasteiger partial charge in [0.05, 0.1) is 6.61 Å². The quantitative estimate of drug-likeness (QED) is 0.615. The molecule has 0 atom stereocenters. The number of Topliss-reactive ketones (excluding diaryl/α,β-unsaturated/α-hetero) is 1. The lowest BCUT2D eigenvalue weighted by atomic mass is 9.78. The third-order valence-electron chi connectivity index (χ3n) is 3.08. The van der Waals surface area contributed by atoms with E-state index in [-0.39, 0.29) is 23.1 Å². The van der Waals surface area contributed by atoms with Crippen LogP contribution in [0.3, 0.4) is 0 Å². The lowest BCUT2D eigenvalue weighted by Crippen LogP contribution is -2.31. The van der Waals surface area contributed by atoms with E-state index < -0.39 is 11.4 Å². The molecule has 0 saturated heterocycles. The zero-order valence-corrected chi connectivity index (χ0v) is 12.4. The topological polar surface area (TPSA) is 56.3 Å². The molecule has 0 spiro atoms. The number of ketones is 1. The van der Waals surface area contributed by atoms with Crippen molar-refractivity contribution < 1.29 is 14.3 Å². The van der Waals surface area contributed by atoms with Crippen LogP contribution in [0.15, 0.2) is 12.3 Å². The summed E-state index contributed by atoms with van der Waals surface area (Å²) in [6, 6.07) is 1.64. The SMILES string of the molecule is CCOC(=O)c1c(C(C)(C)C(=O)CC)ccnc1Cl. The van der Waals surface area contributed by atoms with Crippen LogP contribution in [0.25, 0.3) is 0 Å². The van der Waals surface area contributed by atoms with Gasteiger partial charge >= 0.3 is 5.97 Å². The predicted molar refractivity (Wildman–Crippen MR) is 73.5 cm³/mol. The van der Waals surface area contributed by atoms with Crippen LogP contribution in [0.4, 0.5) is 0 Å². The van der Waals surface area contributed by atoms with Gasteiger partial charge in [-0.3, -0.25) is 4.79 Å². The molecule has 19 heavy (non-hydrogen) atoms. The second-order valence-corrected chi connectivity index (χ2v) is 5.00. The second kappa shape index (κ2) is 6.15. The number of ether oxygens (including phenoxy) is 1. The number of carbonyl (C=O) groups is 2. The number of halogens is 1. The van der Waals surface area contributed by atoms with Gasteiger partial charge in [0, 0.05) is 18.0 Å². The molecule has 0 saturated carbocycles. The van der Waals surface area contributed by atoms with Crippen LogP contribution in [0.5, 0.6) is 0 Å². The molecule has 0 amide bonds. The number of hydrogen-bond acceptors (Lipinski definition) is 4. The van der Waals surface area contributed by atoms with Gasteiger partial charge in [-0.15, -0.1) is 0 Å². The molecule has 1 aromatic rings. The van der Waals surface area contributed by atoms with E-state index in [1.54, 1.807) is 33.8 Å². The van der Waals surface area contributed by atoms with Crippen molar-refractivity contribution in [2.75, 3.05) is 6.61 Å². The van der Waals surface area contributed by atoms with Gasteiger partial charge in [0.1, 0.15) is 16.5 Å². The number of esters is 1. The molecule has 1 aromatic heterocycles. The lowest BCUT2D eigenvalue weighted by molar-refractivity contribution is -0.123. The smallest absolute Gasteiger partial charge is 0.341 e. The number of pyridine rings is 1. The fourth-order valence-electron chi connectivity index (χ4n) is 1.95. The molecule has 0 fully saturated rings. The molecule has 0 unspecified atom stereocenters. The van der Waals surface area contributed by atoms with Crippen LogP contribution in [-0.4, -0.2) is 23.3 Å². The summed E-state index contributed by atoms with van der Waals surface area (Å²) < 4.78 is 4.98. The summed E-state index contributed by atoms with van der Waals surface area (Å²) in [5.74, 6) is -0.520. The highest BCUT2D eigenvalue weighted by atomic mass is 35.5. The van der Waals surface area contributed by atoms with Gasteiger partial charge in [0.25, 0.3) is 0 Å². The Balaban J connectivity index is 3.40. The standard InChI is InChI=1S/C14H18ClNO3/c1-5-10(17)14(3,4)9-7-8-16-12(15)11(9)13(18)19-6-2/h7-8H,5-6H2,1-4H3. The first-order valence-electron chi connectivity index (χ1n) is 6.21. The fourth-order valence-corrected chi connectivity index (χ4v) is 2.18. The Morgan fingerprint density at radius 1 is 1.37 bits per heavy atom. The molecule has 0 aromatic carbocycles. The van der Waals surface area contributed by atoms with Crippen molar-refractivity contribution in [3.8, 4) is 0 Å². The number of rotatable bonds is 5. The van der Waals surface area contributed by atoms with Crippen molar-refractivity contribution in [2.45, 2.75) is 39.5 Å². The molecule has 1 heterocycles. The maximum Gasteiger partial charge on any atom is 0.341 e. The number of carbonyl (C=O) groups excluding carboxylic acids is 2. The largest absolute Gasteiger partial charge is 0.462 e. The molecule has 104 valence electrons. The van der Waals surface area contributed by atoms with Crippen LogP contribution >= 0.6 is 11.6 Å². The second-order valence-electron chi connectivity index (χ2n) is 4.65. The summed E-state index contributed by atoms with van der Waals surface area (Å²) in [4.78, 5) is 27.9. The van der Waals surface area contributed by atoms with Crippen LogP contribution < -0.4 is 0 Å². The monoisotopic (exact) mass is 283 g/mol. The first kappa shape index (κ1) is 15.6. The zero-order chi connectivity index (χ0) is 14.6. The van der Waals surface area contributed by atoms with Crippen LogP contribution in [0.2, 0.25) is 5.15 Å². The first-order valence-corrected chi connectivity index (χ1v) is 6.59. The molecular formula is C14H18ClNO3. The van der Waals surface area contributed by atoms with Gasteiger partial charge in [-0.05, 0) is 32.4 Å². The maximum absolute atomic E-state index is 12.1. The molecule has 0 bridgehead atoms. The summed E-state index contributed by atoms with van der Waals surface area (Å²) in [5.41, 5.74) is -0.0701. The maximum atomic E-state index is 12.1. The highest BCUT2D eigenvalue weighted by Gasteiger charge is 2.34. The van der Waals surface area contributed by atoms with E-state index in [0.29, 0.717) is 12.0 Å². The zero-order valence-electron chi connectivity index (χ0n) is 11.6. The Morgan fingerprint density at radius 3 is 2.53 bits per heavy atom. The van der Waals surface area contributed by atoms with Gasteiger partial charge in [-0.1, -0.05) is 18.5 Å². The summed E-state index contributed by atoms with van der Waals surface area (Å²) in [7, 11) is 0. The van der Waals surface area contributed by atoms with E-state index in [9.17, 15) is 9.59 Å². The molecule has 0 radical (unpaired) electrons. The average molecular weight is 284 g/mol. The number of nitrogens with zero attached hydrogens (tertiary/aromatic N) is 1. The Hall–Kier alpha value is -1.42. The molecule has 0 aliphatic heterocycles.